The number of nitrogens with two attached hydrogens (primary N) is 1. The first-order valence-corrected chi connectivity index (χ1v) is 6.83. The van der Waals surface area contributed by atoms with Crippen molar-refractivity contribution < 1.29 is 4.74 Å². The second kappa shape index (κ2) is 9.18. The van der Waals surface area contributed by atoms with Crippen molar-refractivity contribution in [1.29, 1.82) is 0 Å². The molecule has 1 aliphatic rings. The molecule has 3 rings (SSSR count). The van der Waals surface area contributed by atoms with Crippen molar-refractivity contribution in [2.24, 2.45) is 0 Å². The molecule has 1 aromatic carbocycles. The summed E-state index contributed by atoms with van der Waals surface area (Å²) >= 11 is 0. The van der Waals surface area contributed by atoms with Gasteiger partial charge in [-0.2, -0.15) is 0 Å². The van der Waals surface area contributed by atoms with Crippen LogP contribution in [0.1, 0.15) is 12.8 Å². The standard InChI is InChI=1S/C16H19N3O.3ClH/c1-18-16(5-6-16)11-20-15-8-13(9-19-10-15)12-3-2-4-14(17)7-12;;;/h2-4,7-10,18H,5-6,11,17H2,1H3;3*1H. The number of nitrogens with one attached hydrogen (secondary N) is 1. The van der Waals surface area contributed by atoms with Gasteiger partial charge in [-0.05, 0) is 43.7 Å². The highest BCUT2D eigenvalue weighted by Crippen LogP contribution is 2.35. The molecule has 4 nitrogen and oxygen atoms in total. The average Bonchev–Trinajstić information content (AvgIpc) is 3.26. The molecule has 0 amide bonds. The molecule has 0 aliphatic heterocycles. The first-order valence-electron chi connectivity index (χ1n) is 6.83. The minimum absolute atomic E-state index is 0. The van der Waals surface area contributed by atoms with Gasteiger partial charge in [-0.15, -0.1) is 37.2 Å². The number of rotatable bonds is 5. The average molecular weight is 379 g/mol. The van der Waals surface area contributed by atoms with Crippen molar-refractivity contribution in [2.45, 2.75) is 18.4 Å². The second-order valence-electron chi connectivity index (χ2n) is 5.35. The first-order chi connectivity index (χ1) is 9.71. The molecule has 0 radical (unpaired) electrons. The number of nitrogen functional groups attached to an aromatic ring is 1. The normalized spacial score (nSPS) is 13.8. The highest BCUT2D eigenvalue weighted by Gasteiger charge is 2.41. The SMILES string of the molecule is CNC1(COc2cncc(-c3cccc(N)c3)c2)CC1.Cl.Cl.Cl. The minimum Gasteiger partial charge on any atom is -0.490 e. The molecule has 0 unspecified atom stereocenters. The van der Waals surface area contributed by atoms with Gasteiger partial charge in [-0.25, -0.2) is 0 Å². The first kappa shape index (κ1) is 21.8. The van der Waals surface area contributed by atoms with Gasteiger partial charge >= 0.3 is 0 Å². The van der Waals surface area contributed by atoms with Gasteiger partial charge < -0.3 is 15.8 Å². The Balaban J connectivity index is 0.00000161. The van der Waals surface area contributed by atoms with E-state index in [2.05, 4.69) is 10.3 Å². The molecule has 0 bridgehead atoms. The third-order valence-electron chi connectivity index (χ3n) is 3.83. The Morgan fingerprint density at radius 1 is 1.13 bits per heavy atom. The van der Waals surface area contributed by atoms with Gasteiger partial charge in [-0.3, -0.25) is 4.98 Å². The van der Waals surface area contributed by atoms with Crippen LogP contribution in [-0.4, -0.2) is 24.2 Å². The van der Waals surface area contributed by atoms with Gasteiger partial charge in [0.1, 0.15) is 12.4 Å². The lowest BCUT2D eigenvalue weighted by atomic mass is 10.1. The molecular weight excluding hydrogens is 357 g/mol. The number of hydrogen-bond acceptors (Lipinski definition) is 4. The van der Waals surface area contributed by atoms with E-state index in [0.717, 1.165) is 22.6 Å². The Bertz CT molecular complexity index is 621. The van der Waals surface area contributed by atoms with Crippen LogP contribution in [0.5, 0.6) is 5.75 Å². The lowest BCUT2D eigenvalue weighted by Gasteiger charge is -2.15. The van der Waals surface area contributed by atoms with Crippen LogP contribution in [-0.2, 0) is 0 Å². The van der Waals surface area contributed by atoms with Gasteiger partial charge in [-0.1, -0.05) is 12.1 Å². The number of aromatic nitrogens is 1. The van der Waals surface area contributed by atoms with E-state index in [-0.39, 0.29) is 42.8 Å². The number of ether oxygens (including phenoxy) is 1. The number of anilines is 1. The molecule has 7 heteroatoms. The van der Waals surface area contributed by atoms with Crippen LogP contribution in [0, 0.1) is 0 Å². The van der Waals surface area contributed by atoms with E-state index < -0.39 is 0 Å². The molecule has 1 aromatic heterocycles. The number of pyridine rings is 1. The zero-order valence-corrected chi connectivity index (χ0v) is 15.3. The van der Waals surface area contributed by atoms with Crippen LogP contribution in [0.2, 0.25) is 0 Å². The highest BCUT2D eigenvalue weighted by atomic mass is 35.5. The number of halogens is 3. The van der Waals surface area contributed by atoms with E-state index in [1.165, 1.54) is 12.8 Å². The number of nitrogens with zero attached hydrogens (tertiary/aromatic N) is 1. The van der Waals surface area contributed by atoms with Crippen molar-refractivity contribution in [3.05, 3.63) is 42.7 Å². The third kappa shape index (κ3) is 5.43. The van der Waals surface area contributed by atoms with E-state index in [1.54, 1.807) is 6.20 Å². The van der Waals surface area contributed by atoms with Crippen molar-refractivity contribution in [1.82, 2.24) is 10.3 Å². The Hall–Kier alpha value is -1.20. The Morgan fingerprint density at radius 2 is 1.87 bits per heavy atom. The van der Waals surface area contributed by atoms with Crippen molar-refractivity contribution in [3.63, 3.8) is 0 Å². The van der Waals surface area contributed by atoms with Crippen molar-refractivity contribution in [3.8, 4) is 16.9 Å². The molecule has 1 saturated carbocycles. The number of benzene rings is 1. The summed E-state index contributed by atoms with van der Waals surface area (Å²) < 4.78 is 5.86. The van der Waals surface area contributed by atoms with Crippen molar-refractivity contribution in [2.75, 3.05) is 19.4 Å². The summed E-state index contributed by atoms with van der Waals surface area (Å²) in [6.07, 6.45) is 5.92. The third-order valence-corrected chi connectivity index (χ3v) is 3.83. The molecule has 1 heterocycles. The zero-order chi connectivity index (χ0) is 14.0. The molecule has 0 spiro atoms. The largest absolute Gasteiger partial charge is 0.490 e. The van der Waals surface area contributed by atoms with Crippen LogP contribution in [0.15, 0.2) is 42.7 Å². The van der Waals surface area contributed by atoms with Crippen molar-refractivity contribution >= 4 is 42.9 Å². The van der Waals surface area contributed by atoms with Crippen LogP contribution in [0.25, 0.3) is 11.1 Å². The summed E-state index contributed by atoms with van der Waals surface area (Å²) in [5, 5.41) is 3.31. The summed E-state index contributed by atoms with van der Waals surface area (Å²) in [7, 11) is 1.98. The van der Waals surface area contributed by atoms with Gasteiger partial charge in [0.25, 0.3) is 0 Å². The maximum absolute atomic E-state index is 5.86. The molecule has 2 aromatic rings. The zero-order valence-electron chi connectivity index (χ0n) is 12.8. The fourth-order valence-corrected chi connectivity index (χ4v) is 2.21. The highest BCUT2D eigenvalue weighted by molar-refractivity contribution is 5.86. The van der Waals surface area contributed by atoms with Gasteiger partial charge in [0.15, 0.2) is 0 Å². The molecule has 1 fully saturated rings. The van der Waals surface area contributed by atoms with E-state index in [4.69, 9.17) is 10.5 Å². The fraction of sp³-hybridized carbons (Fsp3) is 0.312. The van der Waals surface area contributed by atoms with E-state index in [9.17, 15) is 0 Å². The fourth-order valence-electron chi connectivity index (χ4n) is 2.21. The second-order valence-corrected chi connectivity index (χ2v) is 5.35. The molecule has 23 heavy (non-hydrogen) atoms. The maximum atomic E-state index is 5.86. The smallest absolute Gasteiger partial charge is 0.138 e. The number of hydrogen-bond donors (Lipinski definition) is 2. The van der Waals surface area contributed by atoms with Gasteiger partial charge in [0, 0.05) is 17.4 Å². The summed E-state index contributed by atoms with van der Waals surface area (Å²) in [5.74, 6) is 0.798. The molecule has 3 N–H and O–H groups in total. The topological polar surface area (TPSA) is 60.2 Å². The molecule has 0 atom stereocenters. The summed E-state index contributed by atoms with van der Waals surface area (Å²) in [4.78, 5) is 4.25. The Kier molecular flexibility index (Phi) is 8.70. The van der Waals surface area contributed by atoms with Crippen LogP contribution in [0.4, 0.5) is 5.69 Å². The molecule has 1 aliphatic carbocycles. The summed E-state index contributed by atoms with van der Waals surface area (Å²) in [5.41, 5.74) is 8.81. The lowest BCUT2D eigenvalue weighted by molar-refractivity contribution is 0.259. The predicted molar refractivity (Wildman–Crippen MR) is 102 cm³/mol. The van der Waals surface area contributed by atoms with Crippen LogP contribution < -0.4 is 15.8 Å². The minimum atomic E-state index is 0. The van der Waals surface area contributed by atoms with Crippen LogP contribution in [0.3, 0.4) is 0 Å². The molecule has 0 saturated heterocycles. The van der Waals surface area contributed by atoms with E-state index in [0.29, 0.717) is 6.61 Å². The molecule has 128 valence electrons. The summed E-state index contributed by atoms with van der Waals surface area (Å²) in [6, 6.07) is 9.79. The summed E-state index contributed by atoms with van der Waals surface area (Å²) in [6.45, 7) is 0.686. The lowest BCUT2D eigenvalue weighted by Crippen LogP contribution is -2.33. The van der Waals surface area contributed by atoms with Crippen LogP contribution >= 0.6 is 37.2 Å². The molecular formula is C16H22Cl3N3O. The van der Waals surface area contributed by atoms with E-state index in [1.807, 2.05) is 43.6 Å². The predicted octanol–water partition coefficient (Wildman–Crippen LogP) is 3.73. The van der Waals surface area contributed by atoms with Gasteiger partial charge in [0.2, 0.25) is 0 Å². The van der Waals surface area contributed by atoms with E-state index >= 15 is 0 Å². The Labute approximate surface area is 155 Å². The van der Waals surface area contributed by atoms with Gasteiger partial charge in [0.05, 0.1) is 11.7 Å². The number of likely N-dealkylation sites (N-methyl/N-ethyl adjacent to an activating group) is 1. The quantitative estimate of drug-likeness (QED) is 0.778. The maximum Gasteiger partial charge on any atom is 0.138 e. The monoisotopic (exact) mass is 377 g/mol. The Morgan fingerprint density at radius 3 is 2.48 bits per heavy atom.